The summed E-state index contributed by atoms with van der Waals surface area (Å²) in [6.07, 6.45) is 0. The van der Waals surface area contributed by atoms with Crippen LogP contribution in [0.15, 0.2) is 19.4 Å². The Bertz CT molecular complexity index is 289. The largest absolute Gasteiger partial charge is 0.231 e. The molecular formula is C3Cl7N2P. The van der Waals surface area contributed by atoms with Crippen LogP contribution in [0.5, 0.6) is 0 Å². The fourth-order valence-electron chi connectivity index (χ4n) is 0.239. The van der Waals surface area contributed by atoms with Crippen molar-refractivity contribution in [2.75, 3.05) is 0 Å². The third kappa shape index (κ3) is 8.65. The summed E-state index contributed by atoms with van der Waals surface area (Å²) in [7, 11) is 0. The molecule has 2 nitrogen and oxygen atoms in total. The molecule has 0 aliphatic heterocycles. The molecule has 0 heterocycles. The molecule has 0 aliphatic carbocycles. The average Bonchev–Trinajstić information content (AvgIpc) is 1.81. The van der Waals surface area contributed by atoms with E-state index in [4.69, 9.17) is 80.1 Å². The molecule has 0 saturated heterocycles. The van der Waals surface area contributed by atoms with Crippen LogP contribution in [0.3, 0.4) is 0 Å². The van der Waals surface area contributed by atoms with E-state index in [1.807, 2.05) is 0 Å². The topological polar surface area (TPSA) is 24.7 Å². The molecule has 0 spiro atoms. The highest BCUT2D eigenvalue weighted by molar-refractivity contribution is 8.26. The Kier molecular flexibility index (Phi) is 7.10. The Labute approximate surface area is 109 Å². The molecule has 0 aromatic carbocycles. The van der Waals surface area contributed by atoms with E-state index >= 15 is 0 Å². The Balaban J connectivity index is 4.84. The molecule has 0 fully saturated rings. The van der Waals surface area contributed by atoms with Crippen molar-refractivity contribution in [3.8, 4) is 0 Å². The maximum absolute atomic E-state index is 5.43. The van der Waals surface area contributed by atoms with E-state index in [0.29, 0.717) is 0 Å². The molecule has 0 radical (unpaired) electrons. The van der Waals surface area contributed by atoms with Crippen molar-refractivity contribution >= 4 is 90.5 Å². The zero-order chi connectivity index (χ0) is 10.6. The highest BCUT2D eigenvalue weighted by atomic mass is 36.0. The van der Waals surface area contributed by atoms with Gasteiger partial charge < -0.3 is 0 Å². The lowest BCUT2D eigenvalue weighted by molar-refractivity contribution is 1.50. The van der Waals surface area contributed by atoms with Crippen LogP contribution in [0.4, 0.5) is 0 Å². The number of rotatable bonds is 1. The van der Waals surface area contributed by atoms with E-state index in [-0.39, 0.29) is 14.9 Å². The first-order valence-electron chi connectivity index (χ1n) is 2.38. The minimum absolute atomic E-state index is 0.226. The van der Waals surface area contributed by atoms with Crippen LogP contribution in [0.1, 0.15) is 0 Å². The molecule has 0 rings (SSSR count). The van der Waals surface area contributed by atoms with Gasteiger partial charge in [0.1, 0.15) is 4.49 Å². The third-order valence-electron chi connectivity index (χ3n) is 0.542. The van der Waals surface area contributed by atoms with Gasteiger partial charge in [-0.15, -0.1) is 0 Å². The lowest BCUT2D eigenvalue weighted by Gasteiger charge is -1.95. The molecule has 0 saturated carbocycles. The summed E-state index contributed by atoms with van der Waals surface area (Å²) in [5.74, 6) is 0. The molecule has 0 atom stereocenters. The molecule has 10 heteroatoms. The first kappa shape index (κ1) is 14.7. The van der Waals surface area contributed by atoms with Crippen LogP contribution in [-0.2, 0) is 0 Å². The van der Waals surface area contributed by atoms with Crippen molar-refractivity contribution in [1.82, 2.24) is 0 Å². The van der Waals surface area contributed by atoms with Crippen molar-refractivity contribution in [3.63, 3.8) is 0 Å². The maximum atomic E-state index is 5.43. The Hall–Kier alpha value is 1.67. The maximum Gasteiger partial charge on any atom is 0.231 e. The molecule has 0 unspecified atom stereocenters. The van der Waals surface area contributed by atoms with Crippen molar-refractivity contribution < 1.29 is 0 Å². The second-order valence-electron chi connectivity index (χ2n) is 1.45. The fraction of sp³-hybridized carbons (Fsp3) is 0. The quantitative estimate of drug-likeness (QED) is 0.238. The SMILES string of the molecule is ClC(Cl)=C(Cl)/N=C(\Cl)N=P(Cl)(Cl)Cl. The van der Waals surface area contributed by atoms with Gasteiger partial charge in [-0.2, -0.15) is 4.74 Å². The predicted octanol–water partition coefficient (Wildman–Crippen LogP) is 6.09. The van der Waals surface area contributed by atoms with Gasteiger partial charge >= 0.3 is 0 Å². The molecule has 0 aromatic rings. The van der Waals surface area contributed by atoms with Gasteiger partial charge in [0.05, 0.1) is 0 Å². The molecule has 0 aromatic heterocycles. The van der Waals surface area contributed by atoms with Gasteiger partial charge in [-0.3, -0.25) is 0 Å². The van der Waals surface area contributed by atoms with E-state index in [1.165, 1.54) is 0 Å². The van der Waals surface area contributed by atoms with Crippen molar-refractivity contribution in [2.45, 2.75) is 0 Å². The smallest absolute Gasteiger partial charge is 0.203 e. The summed E-state index contributed by atoms with van der Waals surface area (Å²) in [5, 5.41) is -3.50. The minimum Gasteiger partial charge on any atom is -0.203 e. The van der Waals surface area contributed by atoms with E-state index in [2.05, 4.69) is 9.74 Å². The van der Waals surface area contributed by atoms with Crippen molar-refractivity contribution in [3.05, 3.63) is 9.65 Å². The first-order chi connectivity index (χ1) is 5.72. The zero-order valence-corrected chi connectivity index (χ0v) is 11.7. The summed E-state index contributed by atoms with van der Waals surface area (Å²) >= 11 is 37.5. The number of aliphatic imine (C=N–C) groups is 1. The van der Waals surface area contributed by atoms with Gasteiger partial charge in [-0.25, -0.2) is 4.99 Å². The van der Waals surface area contributed by atoms with Gasteiger partial charge in [-0.1, -0.05) is 34.8 Å². The minimum atomic E-state index is -2.95. The number of halogens is 7. The van der Waals surface area contributed by atoms with Crippen LogP contribution in [0.25, 0.3) is 0 Å². The summed E-state index contributed by atoms with van der Waals surface area (Å²) in [4.78, 5) is 3.43. The predicted molar refractivity (Wildman–Crippen MR) is 64.8 cm³/mol. The third-order valence-corrected chi connectivity index (χ3v) is 2.75. The van der Waals surface area contributed by atoms with Crippen LogP contribution in [-0.4, -0.2) is 5.29 Å². The van der Waals surface area contributed by atoms with Gasteiger partial charge in [0.2, 0.25) is 10.4 Å². The average molecular weight is 343 g/mol. The van der Waals surface area contributed by atoms with Gasteiger partial charge in [0, 0.05) is 0 Å². The highest BCUT2D eigenvalue weighted by Gasteiger charge is 2.07. The lowest BCUT2D eigenvalue weighted by atomic mass is 11.0. The first-order valence-corrected chi connectivity index (χ1v) is 8.35. The highest BCUT2D eigenvalue weighted by Crippen LogP contribution is 2.65. The van der Waals surface area contributed by atoms with Crippen molar-refractivity contribution in [1.29, 1.82) is 0 Å². The van der Waals surface area contributed by atoms with Gasteiger partial charge in [0.15, 0.2) is 5.16 Å². The number of hydrogen-bond donors (Lipinski definition) is 0. The summed E-state index contributed by atoms with van der Waals surface area (Å²) in [6, 6.07) is 0. The molecular weight excluding hydrogens is 343 g/mol. The van der Waals surface area contributed by atoms with E-state index in [9.17, 15) is 0 Å². The number of amidine groups is 1. The summed E-state index contributed by atoms with van der Waals surface area (Å²) < 4.78 is 3.17. The van der Waals surface area contributed by atoms with E-state index in [1.54, 1.807) is 0 Å². The lowest BCUT2D eigenvalue weighted by Crippen LogP contribution is -1.78. The second-order valence-corrected chi connectivity index (χ2v) is 10.1. The Morgan fingerprint density at radius 1 is 0.923 bits per heavy atom. The molecule has 0 N–H and O–H groups in total. The van der Waals surface area contributed by atoms with Crippen LogP contribution >= 0.6 is 85.2 Å². The molecule has 0 aliphatic rings. The molecule has 0 amide bonds. The summed E-state index contributed by atoms with van der Waals surface area (Å²) in [5.41, 5.74) is 0. The molecule has 76 valence electrons. The van der Waals surface area contributed by atoms with Gasteiger partial charge in [0.25, 0.3) is 0 Å². The van der Waals surface area contributed by atoms with E-state index < -0.39 is 5.11 Å². The fourth-order valence-corrected chi connectivity index (χ4v) is 2.10. The zero-order valence-electron chi connectivity index (χ0n) is 5.49. The van der Waals surface area contributed by atoms with Crippen molar-refractivity contribution in [2.24, 2.45) is 9.74 Å². The van der Waals surface area contributed by atoms with Crippen LogP contribution in [0, 0.1) is 0 Å². The van der Waals surface area contributed by atoms with Crippen LogP contribution in [0.2, 0.25) is 0 Å². The normalized spacial score (nSPS) is 12.7. The summed E-state index contributed by atoms with van der Waals surface area (Å²) in [6.45, 7) is 0. The monoisotopic (exact) mass is 340 g/mol. The molecule has 13 heavy (non-hydrogen) atoms. The molecule has 0 bridgehead atoms. The number of hydrogen-bond acceptors (Lipinski definition) is 1. The van der Waals surface area contributed by atoms with Crippen LogP contribution < -0.4 is 0 Å². The Morgan fingerprint density at radius 3 is 1.69 bits per heavy atom. The second kappa shape index (κ2) is 6.30. The standard InChI is InChI=1S/C3Cl7N2P/c4-1(5)2(6)11-3(7)12-13(8,9)10/b11-3+. The Morgan fingerprint density at radius 2 is 1.38 bits per heavy atom. The van der Waals surface area contributed by atoms with Gasteiger partial charge in [-0.05, 0) is 45.3 Å². The number of nitrogens with zero attached hydrogens (tertiary/aromatic N) is 2. The van der Waals surface area contributed by atoms with E-state index in [0.717, 1.165) is 0 Å².